The summed E-state index contributed by atoms with van der Waals surface area (Å²) in [5, 5.41) is 6.21. The van der Waals surface area contributed by atoms with Crippen molar-refractivity contribution in [3.8, 4) is 5.75 Å². The SMILES string of the molecule is CCOc1ccccc1CNC(=NC)NCCS(=O)(=O)NCC1CCCCO1. The van der Waals surface area contributed by atoms with Crippen molar-refractivity contribution >= 4 is 16.0 Å². The van der Waals surface area contributed by atoms with E-state index in [9.17, 15) is 8.42 Å². The Morgan fingerprint density at radius 2 is 2.11 bits per heavy atom. The molecular weight excluding hydrogens is 380 g/mol. The minimum atomic E-state index is -3.36. The van der Waals surface area contributed by atoms with Crippen LogP contribution in [0.4, 0.5) is 0 Å². The largest absolute Gasteiger partial charge is 0.494 e. The molecule has 1 atom stereocenters. The molecule has 1 aromatic rings. The van der Waals surface area contributed by atoms with Gasteiger partial charge in [-0.1, -0.05) is 18.2 Å². The van der Waals surface area contributed by atoms with Crippen LogP contribution in [0.25, 0.3) is 0 Å². The summed E-state index contributed by atoms with van der Waals surface area (Å²) in [6, 6.07) is 7.78. The number of hydrogen-bond acceptors (Lipinski definition) is 5. The number of nitrogens with one attached hydrogen (secondary N) is 3. The van der Waals surface area contributed by atoms with E-state index in [2.05, 4.69) is 20.3 Å². The molecule has 1 saturated heterocycles. The Morgan fingerprint density at radius 3 is 2.82 bits per heavy atom. The number of para-hydroxylation sites is 1. The molecule has 0 radical (unpaired) electrons. The highest BCUT2D eigenvalue weighted by Gasteiger charge is 2.17. The zero-order valence-corrected chi connectivity index (χ0v) is 17.6. The summed E-state index contributed by atoms with van der Waals surface area (Å²) >= 11 is 0. The number of aliphatic imine (C=N–C) groups is 1. The first-order valence-corrected chi connectivity index (χ1v) is 11.4. The standard InChI is InChI=1S/C19H32N4O4S/c1-3-26-18-10-5-4-8-16(18)14-22-19(20-2)21-11-13-28(24,25)23-15-17-9-6-7-12-27-17/h4-5,8,10,17,23H,3,6-7,9,11-15H2,1-2H3,(H2,20,21,22). The van der Waals surface area contributed by atoms with Gasteiger partial charge in [0.25, 0.3) is 0 Å². The fourth-order valence-corrected chi connectivity index (χ4v) is 3.86. The predicted molar refractivity (Wildman–Crippen MR) is 111 cm³/mol. The summed E-state index contributed by atoms with van der Waals surface area (Å²) in [6.07, 6.45) is 3.02. The third-order valence-electron chi connectivity index (χ3n) is 4.41. The van der Waals surface area contributed by atoms with Crippen LogP contribution in [-0.2, 0) is 21.3 Å². The number of rotatable bonds is 10. The first kappa shape index (κ1) is 22.4. The third kappa shape index (κ3) is 8.04. The maximum absolute atomic E-state index is 12.2. The highest BCUT2D eigenvalue weighted by atomic mass is 32.2. The Bertz CT molecular complexity index is 718. The topological polar surface area (TPSA) is 101 Å². The van der Waals surface area contributed by atoms with Crippen LogP contribution in [0.5, 0.6) is 5.75 Å². The van der Waals surface area contributed by atoms with E-state index in [0.717, 1.165) is 30.6 Å². The van der Waals surface area contributed by atoms with Crippen molar-refractivity contribution in [2.45, 2.75) is 38.8 Å². The molecule has 2 rings (SSSR count). The predicted octanol–water partition coefficient (Wildman–Crippen LogP) is 1.24. The van der Waals surface area contributed by atoms with Crippen LogP contribution in [0.1, 0.15) is 31.7 Å². The Balaban J connectivity index is 1.72. The molecule has 158 valence electrons. The summed E-state index contributed by atoms with van der Waals surface area (Å²) in [6.45, 7) is 4.37. The Hall–Kier alpha value is -1.84. The molecule has 0 spiro atoms. The van der Waals surface area contributed by atoms with Gasteiger partial charge >= 0.3 is 0 Å². The monoisotopic (exact) mass is 412 g/mol. The molecule has 1 fully saturated rings. The lowest BCUT2D eigenvalue weighted by Crippen LogP contribution is -2.42. The minimum absolute atomic E-state index is 0.0173. The Morgan fingerprint density at radius 1 is 1.29 bits per heavy atom. The van der Waals surface area contributed by atoms with Crippen LogP contribution in [0.3, 0.4) is 0 Å². The number of hydrogen-bond donors (Lipinski definition) is 3. The van der Waals surface area contributed by atoms with Gasteiger partial charge in [0, 0.05) is 38.9 Å². The first-order valence-electron chi connectivity index (χ1n) is 9.78. The second-order valence-electron chi connectivity index (χ2n) is 6.55. The van der Waals surface area contributed by atoms with Gasteiger partial charge in [0.15, 0.2) is 5.96 Å². The van der Waals surface area contributed by atoms with E-state index in [1.165, 1.54) is 0 Å². The van der Waals surface area contributed by atoms with Crippen molar-refractivity contribution in [1.29, 1.82) is 0 Å². The van der Waals surface area contributed by atoms with Gasteiger partial charge in [0.1, 0.15) is 5.75 Å². The second-order valence-corrected chi connectivity index (χ2v) is 8.48. The van der Waals surface area contributed by atoms with Crippen LogP contribution >= 0.6 is 0 Å². The average Bonchev–Trinajstić information content (AvgIpc) is 2.71. The molecule has 1 heterocycles. The summed E-state index contributed by atoms with van der Waals surface area (Å²) in [7, 11) is -1.71. The summed E-state index contributed by atoms with van der Waals surface area (Å²) in [4.78, 5) is 4.14. The molecule has 0 bridgehead atoms. The summed E-state index contributed by atoms with van der Waals surface area (Å²) < 4.78 is 38.1. The van der Waals surface area contributed by atoms with E-state index in [1.807, 2.05) is 31.2 Å². The highest BCUT2D eigenvalue weighted by molar-refractivity contribution is 7.89. The van der Waals surface area contributed by atoms with Gasteiger partial charge in [-0.3, -0.25) is 4.99 Å². The third-order valence-corrected chi connectivity index (χ3v) is 5.76. The van der Waals surface area contributed by atoms with E-state index in [0.29, 0.717) is 32.3 Å². The van der Waals surface area contributed by atoms with Crippen molar-refractivity contribution in [2.24, 2.45) is 4.99 Å². The van der Waals surface area contributed by atoms with E-state index < -0.39 is 10.0 Å². The summed E-state index contributed by atoms with van der Waals surface area (Å²) in [5.41, 5.74) is 1.01. The molecule has 1 unspecified atom stereocenters. The van der Waals surface area contributed by atoms with E-state index >= 15 is 0 Å². The van der Waals surface area contributed by atoms with Gasteiger partial charge in [-0.15, -0.1) is 0 Å². The fourth-order valence-electron chi connectivity index (χ4n) is 2.91. The number of nitrogens with zero attached hydrogens (tertiary/aromatic N) is 1. The quantitative estimate of drug-likeness (QED) is 0.395. The van der Waals surface area contributed by atoms with Crippen molar-refractivity contribution in [3.05, 3.63) is 29.8 Å². The zero-order chi connectivity index (χ0) is 20.2. The number of sulfonamides is 1. The second kappa shape index (κ2) is 11.9. The highest BCUT2D eigenvalue weighted by Crippen LogP contribution is 2.17. The molecule has 3 N–H and O–H groups in total. The van der Waals surface area contributed by atoms with Crippen LogP contribution < -0.4 is 20.1 Å². The normalized spacial score (nSPS) is 17.9. The van der Waals surface area contributed by atoms with Gasteiger partial charge in [0.2, 0.25) is 10.0 Å². The maximum Gasteiger partial charge on any atom is 0.213 e. The molecule has 1 aliphatic rings. The molecule has 0 aliphatic carbocycles. The number of ether oxygens (including phenoxy) is 2. The van der Waals surface area contributed by atoms with Crippen molar-refractivity contribution in [3.63, 3.8) is 0 Å². The Labute approximate surface area is 168 Å². The molecule has 1 aromatic carbocycles. The molecular formula is C19H32N4O4S. The lowest BCUT2D eigenvalue weighted by molar-refractivity contribution is 0.0200. The fraction of sp³-hybridized carbons (Fsp3) is 0.632. The summed E-state index contributed by atoms with van der Waals surface area (Å²) in [5.74, 6) is 1.33. The zero-order valence-electron chi connectivity index (χ0n) is 16.7. The van der Waals surface area contributed by atoms with Crippen LogP contribution in [0.2, 0.25) is 0 Å². The molecule has 0 saturated carbocycles. The van der Waals surface area contributed by atoms with E-state index in [-0.39, 0.29) is 18.4 Å². The molecule has 9 heteroatoms. The van der Waals surface area contributed by atoms with Crippen molar-refractivity contribution in [1.82, 2.24) is 15.4 Å². The van der Waals surface area contributed by atoms with Crippen LogP contribution in [0, 0.1) is 0 Å². The minimum Gasteiger partial charge on any atom is -0.494 e. The molecule has 8 nitrogen and oxygen atoms in total. The molecule has 1 aliphatic heterocycles. The lowest BCUT2D eigenvalue weighted by Gasteiger charge is -2.22. The van der Waals surface area contributed by atoms with Gasteiger partial charge in [-0.05, 0) is 32.3 Å². The van der Waals surface area contributed by atoms with Crippen molar-refractivity contribution in [2.75, 3.05) is 39.1 Å². The lowest BCUT2D eigenvalue weighted by atomic mass is 10.1. The van der Waals surface area contributed by atoms with Crippen molar-refractivity contribution < 1.29 is 17.9 Å². The van der Waals surface area contributed by atoms with E-state index in [4.69, 9.17) is 9.47 Å². The van der Waals surface area contributed by atoms with Gasteiger partial charge in [-0.25, -0.2) is 13.1 Å². The smallest absolute Gasteiger partial charge is 0.213 e. The first-order chi connectivity index (χ1) is 13.5. The van der Waals surface area contributed by atoms with Crippen LogP contribution in [0.15, 0.2) is 29.3 Å². The molecule has 0 amide bonds. The molecule has 0 aromatic heterocycles. The van der Waals surface area contributed by atoms with E-state index in [1.54, 1.807) is 7.05 Å². The van der Waals surface area contributed by atoms with Gasteiger partial charge in [0.05, 0.1) is 18.5 Å². The maximum atomic E-state index is 12.2. The molecule has 28 heavy (non-hydrogen) atoms. The number of benzene rings is 1. The average molecular weight is 413 g/mol. The number of guanidine groups is 1. The Kier molecular flexibility index (Phi) is 9.52. The van der Waals surface area contributed by atoms with Gasteiger partial charge in [-0.2, -0.15) is 0 Å². The van der Waals surface area contributed by atoms with Gasteiger partial charge < -0.3 is 20.1 Å². The van der Waals surface area contributed by atoms with Crippen LogP contribution in [-0.4, -0.2) is 59.6 Å².